The first-order chi connectivity index (χ1) is 6.68. The van der Waals surface area contributed by atoms with E-state index in [1.807, 2.05) is 0 Å². The van der Waals surface area contributed by atoms with Crippen molar-refractivity contribution in [3.05, 3.63) is 23.8 Å². The van der Waals surface area contributed by atoms with Gasteiger partial charge in [0.15, 0.2) is 5.78 Å². The number of ketones is 1. The topological polar surface area (TPSA) is 69.9 Å². The summed E-state index contributed by atoms with van der Waals surface area (Å²) in [4.78, 5) is 15.4. The van der Waals surface area contributed by atoms with Crippen molar-refractivity contribution in [2.45, 2.75) is 6.42 Å². The van der Waals surface area contributed by atoms with E-state index in [-0.39, 0.29) is 12.2 Å². The van der Waals surface area contributed by atoms with E-state index in [4.69, 9.17) is 10.0 Å². The summed E-state index contributed by atoms with van der Waals surface area (Å²) in [5, 5.41) is 17.8. The molecule has 14 heavy (non-hydrogen) atoms. The van der Waals surface area contributed by atoms with Gasteiger partial charge in [-0.25, -0.2) is 0 Å². The number of fused-ring (bicyclic) bond motifs is 1. The van der Waals surface area contributed by atoms with Crippen LogP contribution in [0, 0.1) is 0 Å². The lowest BCUT2D eigenvalue weighted by Gasteiger charge is -2.09. The molecule has 0 saturated carbocycles. The average Bonchev–Trinajstić information content (AvgIpc) is 2.18. The van der Waals surface area contributed by atoms with E-state index in [1.54, 1.807) is 18.3 Å². The first kappa shape index (κ1) is 9.11. The number of aliphatic imine (C=N–C) groups is 1. The smallest absolute Gasteiger partial charge is 0.423 e. The molecule has 0 saturated heterocycles. The van der Waals surface area contributed by atoms with Gasteiger partial charge in [-0.15, -0.1) is 0 Å². The number of rotatable bonds is 1. The number of Topliss-reactive ketones (excluding diaryl/α,β-unsaturated/α-hetero) is 1. The van der Waals surface area contributed by atoms with Gasteiger partial charge in [0.2, 0.25) is 0 Å². The summed E-state index contributed by atoms with van der Waals surface area (Å²) in [5.74, 6) is -0.0440. The second-order valence-corrected chi connectivity index (χ2v) is 3.09. The fraction of sp³-hybridized carbons (Fsp3) is 0.111. The minimum absolute atomic E-state index is 0.0440. The summed E-state index contributed by atoms with van der Waals surface area (Å²) in [6, 6.07) is 4.62. The monoisotopic (exact) mass is 189 g/mol. The molecule has 1 aliphatic rings. The molecule has 0 bridgehead atoms. The van der Waals surface area contributed by atoms with Crippen LogP contribution in [0.4, 0.5) is 5.69 Å². The van der Waals surface area contributed by atoms with Crippen LogP contribution >= 0.6 is 0 Å². The standard InChI is InChI=1S/C9H8BNO3/c12-9-3-4-11-8-2-1-6(10(13)14)5-7(8)9/h1-2,4-5,13-14H,3H2. The predicted molar refractivity (Wildman–Crippen MR) is 53.4 cm³/mol. The first-order valence-corrected chi connectivity index (χ1v) is 4.24. The predicted octanol–water partition coefficient (Wildman–Crippen LogP) is -0.345. The summed E-state index contributed by atoms with van der Waals surface area (Å²) in [5.41, 5.74) is 1.36. The molecule has 70 valence electrons. The summed E-state index contributed by atoms with van der Waals surface area (Å²) >= 11 is 0. The molecule has 0 aliphatic carbocycles. The van der Waals surface area contributed by atoms with E-state index in [0.29, 0.717) is 16.7 Å². The molecule has 0 fully saturated rings. The molecule has 2 rings (SSSR count). The Morgan fingerprint density at radius 2 is 2.14 bits per heavy atom. The van der Waals surface area contributed by atoms with Gasteiger partial charge in [-0.3, -0.25) is 9.79 Å². The molecular weight excluding hydrogens is 181 g/mol. The zero-order valence-electron chi connectivity index (χ0n) is 7.34. The second kappa shape index (κ2) is 3.36. The Kier molecular flexibility index (Phi) is 2.19. The summed E-state index contributed by atoms with van der Waals surface area (Å²) in [6.07, 6.45) is 1.83. The van der Waals surface area contributed by atoms with Crippen LogP contribution in [-0.4, -0.2) is 29.2 Å². The molecule has 0 amide bonds. The molecule has 0 radical (unpaired) electrons. The van der Waals surface area contributed by atoms with Crippen molar-refractivity contribution in [1.29, 1.82) is 0 Å². The van der Waals surface area contributed by atoms with E-state index in [2.05, 4.69) is 4.99 Å². The van der Waals surface area contributed by atoms with Gasteiger partial charge in [0.1, 0.15) is 0 Å². The SMILES string of the molecule is O=C1CC=Nc2ccc(B(O)O)cc21. The summed E-state index contributed by atoms with van der Waals surface area (Å²) < 4.78 is 0. The van der Waals surface area contributed by atoms with Gasteiger partial charge >= 0.3 is 7.12 Å². The number of nitrogens with zero attached hydrogens (tertiary/aromatic N) is 1. The molecule has 0 spiro atoms. The van der Waals surface area contributed by atoms with Gasteiger partial charge < -0.3 is 10.0 Å². The lowest BCUT2D eigenvalue weighted by atomic mass is 9.78. The fourth-order valence-corrected chi connectivity index (χ4v) is 1.39. The normalized spacial score (nSPS) is 14.0. The molecule has 0 atom stereocenters. The van der Waals surface area contributed by atoms with Gasteiger partial charge in [-0.2, -0.15) is 0 Å². The van der Waals surface area contributed by atoms with Crippen LogP contribution in [-0.2, 0) is 0 Å². The number of hydrogen-bond acceptors (Lipinski definition) is 4. The minimum Gasteiger partial charge on any atom is -0.423 e. The molecule has 4 nitrogen and oxygen atoms in total. The van der Waals surface area contributed by atoms with Crippen LogP contribution in [0.15, 0.2) is 23.2 Å². The third kappa shape index (κ3) is 1.47. The highest BCUT2D eigenvalue weighted by molar-refractivity contribution is 6.58. The van der Waals surface area contributed by atoms with Gasteiger partial charge in [0.05, 0.1) is 5.69 Å². The zero-order valence-corrected chi connectivity index (χ0v) is 7.34. The number of hydrogen-bond donors (Lipinski definition) is 2. The van der Waals surface area contributed by atoms with Crippen LogP contribution < -0.4 is 5.46 Å². The summed E-state index contributed by atoms with van der Waals surface area (Å²) in [6.45, 7) is 0. The fourth-order valence-electron chi connectivity index (χ4n) is 1.39. The molecule has 1 aliphatic heterocycles. The van der Waals surface area contributed by atoms with Crippen molar-refractivity contribution in [3.63, 3.8) is 0 Å². The second-order valence-electron chi connectivity index (χ2n) is 3.09. The third-order valence-electron chi connectivity index (χ3n) is 2.13. The van der Waals surface area contributed by atoms with Crippen molar-refractivity contribution in [2.75, 3.05) is 0 Å². The lowest BCUT2D eigenvalue weighted by Crippen LogP contribution is -2.30. The van der Waals surface area contributed by atoms with Gasteiger partial charge in [0.25, 0.3) is 0 Å². The van der Waals surface area contributed by atoms with Gasteiger partial charge in [-0.05, 0) is 17.6 Å². The van der Waals surface area contributed by atoms with Crippen LogP contribution in [0.25, 0.3) is 0 Å². The summed E-state index contributed by atoms with van der Waals surface area (Å²) in [7, 11) is -1.54. The Hall–Kier alpha value is -1.46. The Balaban J connectivity index is 2.52. The Bertz CT molecular complexity index is 415. The Morgan fingerprint density at radius 1 is 1.36 bits per heavy atom. The molecule has 1 aromatic carbocycles. The van der Waals surface area contributed by atoms with E-state index in [9.17, 15) is 4.79 Å². The highest BCUT2D eigenvalue weighted by Gasteiger charge is 2.18. The quantitative estimate of drug-likeness (QED) is 0.593. The molecule has 2 N–H and O–H groups in total. The van der Waals surface area contributed by atoms with Gasteiger partial charge in [-0.1, -0.05) is 6.07 Å². The molecule has 1 heterocycles. The minimum atomic E-state index is -1.54. The zero-order chi connectivity index (χ0) is 10.1. The average molecular weight is 189 g/mol. The van der Waals surface area contributed by atoms with Crippen molar-refractivity contribution in [1.82, 2.24) is 0 Å². The largest absolute Gasteiger partial charge is 0.488 e. The molecule has 0 aromatic heterocycles. The highest BCUT2D eigenvalue weighted by atomic mass is 16.4. The first-order valence-electron chi connectivity index (χ1n) is 4.24. The van der Waals surface area contributed by atoms with Crippen LogP contribution in [0.3, 0.4) is 0 Å². The molecule has 0 unspecified atom stereocenters. The maximum absolute atomic E-state index is 11.4. The van der Waals surface area contributed by atoms with Crippen LogP contribution in [0.5, 0.6) is 0 Å². The Morgan fingerprint density at radius 3 is 2.86 bits per heavy atom. The Labute approximate surface area is 81.1 Å². The van der Waals surface area contributed by atoms with Crippen molar-refractivity contribution in [3.8, 4) is 0 Å². The number of benzene rings is 1. The van der Waals surface area contributed by atoms with Crippen LogP contribution in [0.1, 0.15) is 16.8 Å². The number of carbonyl (C=O) groups excluding carboxylic acids is 1. The highest BCUT2D eigenvalue weighted by Crippen LogP contribution is 2.22. The maximum atomic E-state index is 11.4. The van der Waals surface area contributed by atoms with E-state index in [0.717, 1.165) is 0 Å². The van der Waals surface area contributed by atoms with Crippen molar-refractivity contribution in [2.24, 2.45) is 4.99 Å². The molecule has 1 aromatic rings. The van der Waals surface area contributed by atoms with E-state index >= 15 is 0 Å². The number of carbonyl (C=O) groups is 1. The van der Waals surface area contributed by atoms with E-state index < -0.39 is 7.12 Å². The molecule has 5 heteroatoms. The lowest BCUT2D eigenvalue weighted by molar-refractivity contribution is 0.100. The van der Waals surface area contributed by atoms with E-state index in [1.165, 1.54) is 6.07 Å². The molecular formula is C9H8BNO3. The maximum Gasteiger partial charge on any atom is 0.488 e. The van der Waals surface area contributed by atoms with Crippen LogP contribution in [0.2, 0.25) is 0 Å². The van der Waals surface area contributed by atoms with Crippen molar-refractivity contribution < 1.29 is 14.8 Å². The third-order valence-corrected chi connectivity index (χ3v) is 2.13. The van der Waals surface area contributed by atoms with Crippen molar-refractivity contribution >= 4 is 30.3 Å². The van der Waals surface area contributed by atoms with Gasteiger partial charge in [0, 0.05) is 18.2 Å².